The highest BCUT2D eigenvalue weighted by molar-refractivity contribution is 7.09. The zero-order valence-corrected chi connectivity index (χ0v) is 18.9. The smallest absolute Gasteiger partial charge is 0.252 e. The lowest BCUT2D eigenvalue weighted by molar-refractivity contribution is -0.129. The van der Waals surface area contributed by atoms with Gasteiger partial charge in [0.2, 0.25) is 5.91 Å². The average molecular weight is 441 g/mol. The fraction of sp³-hybridized carbons (Fsp3) is 0.348. The van der Waals surface area contributed by atoms with E-state index in [1.165, 1.54) is 11.3 Å². The van der Waals surface area contributed by atoms with E-state index in [4.69, 9.17) is 4.74 Å². The number of hydrazine groups is 1. The maximum atomic E-state index is 12.3. The van der Waals surface area contributed by atoms with Gasteiger partial charge in [0, 0.05) is 23.2 Å². The molecule has 0 saturated carbocycles. The summed E-state index contributed by atoms with van der Waals surface area (Å²) in [6.45, 7) is 5.26. The lowest BCUT2D eigenvalue weighted by Crippen LogP contribution is -2.46. The first-order valence-corrected chi connectivity index (χ1v) is 11.1. The van der Waals surface area contributed by atoms with E-state index >= 15 is 0 Å². The van der Waals surface area contributed by atoms with E-state index < -0.39 is 0 Å². The second kappa shape index (κ2) is 10.9. The second-order valence-electron chi connectivity index (χ2n) is 7.44. The zero-order chi connectivity index (χ0) is 22.2. The predicted octanol–water partition coefficient (Wildman–Crippen LogP) is 3.22. The number of benzene rings is 2. The van der Waals surface area contributed by atoms with Crippen molar-refractivity contribution >= 4 is 33.9 Å². The Hall–Kier alpha value is -2.97. The molecular formula is C23H28N4O3S. The summed E-state index contributed by atoms with van der Waals surface area (Å²) in [5.41, 5.74) is 6.86. The minimum atomic E-state index is -0.297. The van der Waals surface area contributed by atoms with Crippen LogP contribution in [-0.4, -0.2) is 41.9 Å². The lowest BCUT2D eigenvalue weighted by atomic mass is 10.0. The van der Waals surface area contributed by atoms with Crippen molar-refractivity contribution in [3.63, 3.8) is 0 Å². The van der Waals surface area contributed by atoms with Gasteiger partial charge >= 0.3 is 0 Å². The topological polar surface area (TPSA) is 83.6 Å². The molecule has 3 aromatic rings. The van der Waals surface area contributed by atoms with Crippen LogP contribution < -0.4 is 15.6 Å². The van der Waals surface area contributed by atoms with Crippen LogP contribution in [0.5, 0.6) is 5.75 Å². The summed E-state index contributed by atoms with van der Waals surface area (Å²) < 4.78 is 5.95. The number of amides is 2. The highest BCUT2D eigenvalue weighted by atomic mass is 32.1. The summed E-state index contributed by atoms with van der Waals surface area (Å²) in [5.74, 6) is 0.247. The first-order valence-electron chi connectivity index (χ1n) is 10.3. The highest BCUT2D eigenvalue weighted by Gasteiger charge is 2.14. The molecule has 3 rings (SSSR count). The Morgan fingerprint density at radius 2 is 1.90 bits per heavy atom. The van der Waals surface area contributed by atoms with Crippen molar-refractivity contribution in [2.24, 2.45) is 0 Å². The van der Waals surface area contributed by atoms with E-state index in [1.54, 1.807) is 0 Å². The first kappa shape index (κ1) is 22.7. The van der Waals surface area contributed by atoms with Gasteiger partial charge in [-0.25, -0.2) is 4.98 Å². The number of likely N-dealkylation sites (N-methyl/N-ethyl adjacent to an activating group) is 1. The third-order valence-corrected chi connectivity index (χ3v) is 5.59. The van der Waals surface area contributed by atoms with Crippen LogP contribution in [0, 0.1) is 6.92 Å². The van der Waals surface area contributed by atoms with Gasteiger partial charge in [0.1, 0.15) is 10.8 Å². The van der Waals surface area contributed by atoms with E-state index in [1.807, 2.05) is 42.5 Å². The normalized spacial score (nSPS) is 11.0. The van der Waals surface area contributed by atoms with Crippen molar-refractivity contribution in [1.82, 2.24) is 20.7 Å². The number of aryl methyl sites for hydroxylation is 1. The van der Waals surface area contributed by atoms with E-state index in [9.17, 15) is 9.59 Å². The number of carbonyl (C=O) groups excluding carboxylic acids is 2. The number of nitrogens with zero attached hydrogens (tertiary/aromatic N) is 2. The van der Waals surface area contributed by atoms with Crippen molar-refractivity contribution in [1.29, 1.82) is 0 Å². The van der Waals surface area contributed by atoms with Gasteiger partial charge in [-0.15, -0.1) is 11.3 Å². The summed E-state index contributed by atoms with van der Waals surface area (Å²) in [4.78, 5) is 30.5. The molecule has 0 saturated heterocycles. The number of carbonyl (C=O) groups is 2. The molecule has 0 atom stereocenters. The lowest BCUT2D eigenvalue weighted by Gasteiger charge is -2.20. The third-order valence-electron chi connectivity index (χ3n) is 4.62. The van der Waals surface area contributed by atoms with E-state index in [0.29, 0.717) is 13.2 Å². The summed E-state index contributed by atoms with van der Waals surface area (Å²) in [6.07, 6.45) is 1.06. The molecule has 0 aliphatic rings. The Kier molecular flexibility index (Phi) is 7.97. The summed E-state index contributed by atoms with van der Waals surface area (Å²) in [7, 11) is 1.87. The monoisotopic (exact) mass is 440 g/mol. The average Bonchev–Trinajstić information content (AvgIpc) is 3.16. The number of ether oxygens (including phenoxy) is 1. The number of nitrogens with one attached hydrogen (secondary N) is 2. The summed E-state index contributed by atoms with van der Waals surface area (Å²) >= 11 is 1.43. The van der Waals surface area contributed by atoms with Gasteiger partial charge in [-0.3, -0.25) is 25.3 Å². The van der Waals surface area contributed by atoms with Crippen molar-refractivity contribution < 1.29 is 14.3 Å². The largest absolute Gasteiger partial charge is 0.493 e. The minimum absolute atomic E-state index is 0.132. The fourth-order valence-electron chi connectivity index (χ4n) is 3.24. The molecule has 0 radical (unpaired) electrons. The molecule has 7 nitrogen and oxygen atoms in total. The molecular weight excluding hydrogens is 412 g/mol. The molecule has 0 bridgehead atoms. The maximum Gasteiger partial charge on any atom is 0.252 e. The van der Waals surface area contributed by atoms with Gasteiger partial charge in [-0.1, -0.05) is 37.3 Å². The quantitative estimate of drug-likeness (QED) is 0.499. The molecule has 164 valence electrons. The second-order valence-corrected chi connectivity index (χ2v) is 8.38. The van der Waals surface area contributed by atoms with E-state index in [0.717, 1.165) is 39.2 Å². The van der Waals surface area contributed by atoms with E-state index in [-0.39, 0.29) is 24.8 Å². The molecule has 31 heavy (non-hydrogen) atoms. The molecule has 0 spiro atoms. The van der Waals surface area contributed by atoms with Gasteiger partial charge in [0.05, 0.1) is 19.6 Å². The minimum Gasteiger partial charge on any atom is -0.493 e. The number of fused-ring (bicyclic) bond motifs is 1. The van der Waals surface area contributed by atoms with Gasteiger partial charge in [0.15, 0.2) is 0 Å². The Balaban J connectivity index is 1.58. The molecule has 0 unspecified atom stereocenters. The molecule has 2 N–H and O–H groups in total. The van der Waals surface area contributed by atoms with Crippen LogP contribution in [0.3, 0.4) is 0 Å². The van der Waals surface area contributed by atoms with Gasteiger partial charge in [-0.2, -0.15) is 0 Å². The third kappa shape index (κ3) is 6.50. The van der Waals surface area contributed by atoms with Crippen LogP contribution in [0.15, 0.2) is 41.8 Å². The molecule has 2 aromatic carbocycles. The molecule has 2 amide bonds. The van der Waals surface area contributed by atoms with Crippen molar-refractivity contribution in [2.45, 2.75) is 33.2 Å². The van der Waals surface area contributed by atoms with Crippen LogP contribution >= 0.6 is 11.3 Å². The first-order chi connectivity index (χ1) is 15.0. The van der Waals surface area contributed by atoms with Gasteiger partial charge in [-0.05, 0) is 37.2 Å². The van der Waals surface area contributed by atoms with E-state index in [2.05, 4.69) is 41.0 Å². The molecule has 0 fully saturated rings. The number of thiazole rings is 1. The number of aromatic nitrogens is 1. The van der Waals surface area contributed by atoms with Crippen molar-refractivity contribution in [3.8, 4) is 5.75 Å². The number of rotatable bonds is 9. The van der Waals surface area contributed by atoms with Crippen LogP contribution in [0.1, 0.15) is 29.6 Å². The summed E-state index contributed by atoms with van der Waals surface area (Å²) in [6, 6.07) is 12.2. The maximum absolute atomic E-state index is 12.3. The van der Waals surface area contributed by atoms with Crippen molar-refractivity contribution in [2.75, 3.05) is 20.2 Å². The van der Waals surface area contributed by atoms with Crippen LogP contribution in [-0.2, 0) is 22.6 Å². The highest BCUT2D eigenvalue weighted by Crippen LogP contribution is 2.29. The number of hydrogen-bond donors (Lipinski definition) is 2. The molecule has 1 heterocycles. The fourth-order valence-corrected chi connectivity index (χ4v) is 4.01. The Morgan fingerprint density at radius 3 is 2.65 bits per heavy atom. The molecule has 1 aromatic heterocycles. The zero-order valence-electron chi connectivity index (χ0n) is 18.1. The standard InChI is InChI=1S/C23H28N4O3S/c1-4-11-30-20-10-9-17-7-5-6-8-18(17)19(20)13-27(3)14-22(29)26-25-21(28)12-23-24-16(2)15-31-23/h5-10,15H,4,11-14H2,1-3H3,(H,25,28)(H,26,29). The van der Waals surface area contributed by atoms with Crippen LogP contribution in [0.25, 0.3) is 10.8 Å². The van der Waals surface area contributed by atoms with Crippen LogP contribution in [0.4, 0.5) is 0 Å². The molecule has 0 aliphatic heterocycles. The Bertz CT molecular complexity index is 1050. The van der Waals surface area contributed by atoms with Crippen LogP contribution in [0.2, 0.25) is 0 Å². The Morgan fingerprint density at radius 1 is 1.13 bits per heavy atom. The molecule has 8 heteroatoms. The van der Waals surface area contributed by atoms with Crippen molar-refractivity contribution in [3.05, 3.63) is 58.0 Å². The predicted molar refractivity (Wildman–Crippen MR) is 123 cm³/mol. The molecule has 0 aliphatic carbocycles. The van der Waals surface area contributed by atoms with Gasteiger partial charge < -0.3 is 4.74 Å². The van der Waals surface area contributed by atoms with Gasteiger partial charge in [0.25, 0.3) is 5.91 Å². The number of hydrogen-bond acceptors (Lipinski definition) is 6. The summed E-state index contributed by atoms with van der Waals surface area (Å²) in [5, 5.41) is 4.85. The SMILES string of the molecule is CCCOc1ccc2ccccc2c1CN(C)CC(=O)NNC(=O)Cc1nc(C)cs1. The Labute approximate surface area is 186 Å².